The van der Waals surface area contributed by atoms with Gasteiger partial charge in [-0.2, -0.15) is 0 Å². The van der Waals surface area contributed by atoms with Crippen molar-refractivity contribution in [2.24, 2.45) is 0 Å². The molecule has 0 aliphatic heterocycles. The van der Waals surface area contributed by atoms with E-state index in [4.69, 9.17) is 28.8 Å². The summed E-state index contributed by atoms with van der Waals surface area (Å²) in [5, 5.41) is 8.73. The summed E-state index contributed by atoms with van der Waals surface area (Å²) < 4.78 is 13.6. The Balaban J connectivity index is 0.950. The molecule has 0 unspecified atom stereocenters. The first kappa shape index (κ1) is 36.0. The van der Waals surface area contributed by atoms with Gasteiger partial charge in [-0.1, -0.05) is 188 Å². The van der Waals surface area contributed by atoms with Crippen molar-refractivity contribution in [1.82, 2.24) is 19.9 Å². The van der Waals surface area contributed by atoms with Gasteiger partial charge in [-0.3, -0.25) is 0 Å². The van der Waals surface area contributed by atoms with Crippen LogP contribution in [0.3, 0.4) is 0 Å². The van der Waals surface area contributed by atoms with Gasteiger partial charge < -0.3 is 8.83 Å². The quantitative estimate of drug-likeness (QED) is 0.156. The molecule has 6 nitrogen and oxygen atoms in total. The SMILES string of the molecule is c1ccc(-c2nc(-c3ccccc3)nc(-c3ccc(-c4ccc(-c5cc6nc(-c7cccc8ccc9ccccc9c78)oc6c6c5oc5ccccc56)c5ccccc45)cc3)n2)cc1. The smallest absolute Gasteiger partial charge is 0.227 e. The second-order valence-corrected chi connectivity index (χ2v) is 16.1. The Morgan fingerprint density at radius 3 is 1.56 bits per heavy atom. The largest absolute Gasteiger partial charge is 0.455 e. The van der Waals surface area contributed by atoms with Gasteiger partial charge in [0.25, 0.3) is 0 Å². The number of hydrogen-bond donors (Lipinski definition) is 0. The average Bonchev–Trinajstić information content (AvgIpc) is 3.98. The monoisotopic (exact) mass is 818 g/mol. The van der Waals surface area contributed by atoms with Crippen LogP contribution >= 0.6 is 0 Å². The summed E-state index contributed by atoms with van der Waals surface area (Å²) in [7, 11) is 0. The van der Waals surface area contributed by atoms with Crippen molar-refractivity contribution in [3.63, 3.8) is 0 Å². The van der Waals surface area contributed by atoms with E-state index in [2.05, 4.69) is 127 Å². The molecule has 3 aromatic heterocycles. The Labute approximate surface area is 366 Å². The first-order chi connectivity index (χ1) is 31.7. The van der Waals surface area contributed by atoms with Crippen LogP contribution in [0, 0.1) is 0 Å². The summed E-state index contributed by atoms with van der Waals surface area (Å²) in [5.41, 5.74) is 11.0. The van der Waals surface area contributed by atoms with Crippen molar-refractivity contribution in [2.75, 3.05) is 0 Å². The molecule has 0 radical (unpaired) electrons. The Kier molecular flexibility index (Phi) is 8.11. The highest BCUT2D eigenvalue weighted by Gasteiger charge is 2.23. The minimum absolute atomic E-state index is 0.578. The van der Waals surface area contributed by atoms with E-state index in [1.165, 1.54) is 10.8 Å². The molecular weight excluding hydrogens is 785 g/mol. The van der Waals surface area contributed by atoms with Crippen molar-refractivity contribution in [2.45, 2.75) is 0 Å². The molecule has 6 heteroatoms. The number of para-hydroxylation sites is 1. The fraction of sp³-hybridized carbons (Fsp3) is 0. The van der Waals surface area contributed by atoms with Crippen molar-refractivity contribution < 1.29 is 8.83 Å². The van der Waals surface area contributed by atoms with Gasteiger partial charge >= 0.3 is 0 Å². The van der Waals surface area contributed by atoms with E-state index >= 15 is 0 Å². The zero-order valence-corrected chi connectivity index (χ0v) is 34.2. The number of fused-ring (bicyclic) bond motifs is 9. The van der Waals surface area contributed by atoms with Crippen molar-refractivity contribution in [1.29, 1.82) is 0 Å². The summed E-state index contributed by atoms with van der Waals surface area (Å²) in [5.74, 6) is 2.47. The van der Waals surface area contributed by atoms with Gasteiger partial charge in [0.15, 0.2) is 23.1 Å². The summed E-state index contributed by atoms with van der Waals surface area (Å²) in [6.45, 7) is 0. The zero-order valence-electron chi connectivity index (χ0n) is 34.2. The number of oxazole rings is 1. The Bertz CT molecular complexity index is 3890. The van der Waals surface area contributed by atoms with Crippen LogP contribution in [0.4, 0.5) is 0 Å². The molecule has 10 aromatic carbocycles. The van der Waals surface area contributed by atoms with Crippen LogP contribution in [0.25, 0.3) is 133 Å². The van der Waals surface area contributed by atoms with Gasteiger partial charge in [0.1, 0.15) is 16.7 Å². The van der Waals surface area contributed by atoms with Crippen molar-refractivity contribution >= 4 is 65.4 Å². The standard InChI is InChI=1S/C58H34N4O2/c1-3-15-38(16-4-1)55-60-56(39-17-5-2-6-18-39)62-57(61-55)40-30-27-36(28-31-40)41-32-33-45(44-22-10-9-21-43(41)44)48-34-49-54(52-46-23-11-12-25-50(46)63-53(48)52)64-58(59-49)47-24-13-19-37-29-26-35-14-7-8-20-42(35)51(37)47/h1-34H. The Morgan fingerprint density at radius 1 is 0.297 bits per heavy atom. The molecule has 13 rings (SSSR count). The third-order valence-electron chi connectivity index (χ3n) is 12.4. The molecule has 298 valence electrons. The van der Waals surface area contributed by atoms with E-state index in [0.29, 0.717) is 28.9 Å². The lowest BCUT2D eigenvalue weighted by molar-refractivity contribution is 0.623. The molecule has 13 aromatic rings. The van der Waals surface area contributed by atoms with Crippen LogP contribution in [0.5, 0.6) is 0 Å². The van der Waals surface area contributed by atoms with E-state index in [0.717, 1.165) is 93.5 Å². The molecule has 0 fully saturated rings. The van der Waals surface area contributed by atoms with Gasteiger partial charge in [0.05, 0.1) is 5.39 Å². The predicted octanol–water partition coefficient (Wildman–Crippen LogP) is 15.4. The van der Waals surface area contributed by atoms with Crippen LogP contribution in [-0.2, 0) is 0 Å². The average molecular weight is 819 g/mol. The van der Waals surface area contributed by atoms with Gasteiger partial charge in [-0.05, 0) is 61.8 Å². The minimum atomic E-state index is 0.578. The normalized spacial score (nSPS) is 11.8. The molecule has 0 aliphatic carbocycles. The predicted molar refractivity (Wildman–Crippen MR) is 260 cm³/mol. The number of aromatic nitrogens is 4. The summed E-state index contributed by atoms with van der Waals surface area (Å²) in [6.07, 6.45) is 0. The van der Waals surface area contributed by atoms with E-state index < -0.39 is 0 Å². The molecular formula is C58H34N4O2. The van der Waals surface area contributed by atoms with Gasteiger partial charge in [0, 0.05) is 38.6 Å². The minimum Gasteiger partial charge on any atom is -0.455 e. The Morgan fingerprint density at radius 2 is 0.844 bits per heavy atom. The Hall–Kier alpha value is -8.74. The van der Waals surface area contributed by atoms with Crippen LogP contribution in [0.2, 0.25) is 0 Å². The topological polar surface area (TPSA) is 77.8 Å². The first-order valence-electron chi connectivity index (χ1n) is 21.4. The third kappa shape index (κ3) is 5.81. The second kappa shape index (κ2) is 14.4. The summed E-state index contributed by atoms with van der Waals surface area (Å²) in [6, 6.07) is 71.1. The fourth-order valence-corrected chi connectivity index (χ4v) is 9.35. The maximum Gasteiger partial charge on any atom is 0.227 e. The van der Waals surface area contributed by atoms with Crippen LogP contribution in [-0.4, -0.2) is 19.9 Å². The second-order valence-electron chi connectivity index (χ2n) is 16.1. The summed E-state index contributed by atoms with van der Waals surface area (Å²) >= 11 is 0. The molecule has 64 heavy (non-hydrogen) atoms. The number of furan rings is 1. The van der Waals surface area contributed by atoms with Crippen LogP contribution in [0.1, 0.15) is 0 Å². The number of nitrogens with zero attached hydrogens (tertiary/aromatic N) is 4. The molecule has 0 bridgehead atoms. The third-order valence-corrected chi connectivity index (χ3v) is 12.4. The van der Waals surface area contributed by atoms with E-state index in [1.54, 1.807) is 0 Å². The van der Waals surface area contributed by atoms with E-state index in [9.17, 15) is 0 Å². The van der Waals surface area contributed by atoms with Gasteiger partial charge in [-0.15, -0.1) is 0 Å². The van der Waals surface area contributed by atoms with Crippen LogP contribution < -0.4 is 0 Å². The fourth-order valence-electron chi connectivity index (χ4n) is 9.35. The van der Waals surface area contributed by atoms with E-state index in [1.807, 2.05) is 78.9 Å². The molecule has 0 aliphatic rings. The number of rotatable bonds is 6. The van der Waals surface area contributed by atoms with E-state index in [-0.39, 0.29) is 0 Å². The van der Waals surface area contributed by atoms with Gasteiger partial charge in [-0.25, -0.2) is 19.9 Å². The highest BCUT2D eigenvalue weighted by atomic mass is 16.4. The highest BCUT2D eigenvalue weighted by Crippen LogP contribution is 2.46. The van der Waals surface area contributed by atoms with Crippen molar-refractivity contribution in [3.8, 4) is 67.9 Å². The maximum atomic E-state index is 6.86. The lowest BCUT2D eigenvalue weighted by Gasteiger charge is -2.13. The zero-order chi connectivity index (χ0) is 42.1. The molecule has 0 atom stereocenters. The number of benzene rings is 10. The molecule has 0 saturated carbocycles. The molecule has 3 heterocycles. The molecule has 0 spiro atoms. The first-order valence-corrected chi connectivity index (χ1v) is 21.4. The number of hydrogen-bond acceptors (Lipinski definition) is 6. The molecule has 0 saturated heterocycles. The highest BCUT2D eigenvalue weighted by molar-refractivity contribution is 6.22. The van der Waals surface area contributed by atoms with Gasteiger partial charge in [0.2, 0.25) is 5.89 Å². The molecule has 0 amide bonds. The lowest BCUT2D eigenvalue weighted by atomic mass is 9.91. The molecule has 0 N–H and O–H groups in total. The maximum absolute atomic E-state index is 6.86. The summed E-state index contributed by atoms with van der Waals surface area (Å²) in [4.78, 5) is 20.1. The lowest BCUT2D eigenvalue weighted by Crippen LogP contribution is -2.00. The van der Waals surface area contributed by atoms with Crippen LogP contribution in [0.15, 0.2) is 215 Å². The van der Waals surface area contributed by atoms with Crippen molar-refractivity contribution in [3.05, 3.63) is 206 Å².